The Bertz CT molecular complexity index is 596. The summed E-state index contributed by atoms with van der Waals surface area (Å²) in [4.78, 5) is 4.97. The van der Waals surface area contributed by atoms with Crippen LogP contribution in [0, 0.1) is 23.6 Å². The quantitative estimate of drug-likeness (QED) is 0.669. The van der Waals surface area contributed by atoms with E-state index in [2.05, 4.69) is 20.7 Å². The van der Waals surface area contributed by atoms with Gasteiger partial charge in [-0.05, 0) is 29.5 Å². The van der Waals surface area contributed by atoms with E-state index in [0.717, 1.165) is 64.6 Å². The Hall–Kier alpha value is -1.09. The largest absolute Gasteiger partial charge is 0.396 e. The van der Waals surface area contributed by atoms with Crippen molar-refractivity contribution in [3.8, 4) is 0 Å². The number of halogens is 1. The van der Waals surface area contributed by atoms with Crippen LogP contribution in [0.2, 0.25) is 0 Å². The molecule has 1 aromatic carbocycles. The summed E-state index contributed by atoms with van der Waals surface area (Å²) in [6.07, 6.45) is 0. The predicted molar refractivity (Wildman–Crippen MR) is 102 cm³/mol. The number of hydrazine groups is 1. The van der Waals surface area contributed by atoms with Crippen LogP contribution < -0.4 is 10.9 Å². The van der Waals surface area contributed by atoms with E-state index >= 15 is 0 Å². The van der Waals surface area contributed by atoms with Crippen molar-refractivity contribution in [2.75, 3.05) is 65.6 Å². The third kappa shape index (κ3) is 4.67. The lowest BCUT2D eigenvalue weighted by molar-refractivity contribution is 0.0264. The Morgan fingerprint density at radius 2 is 1.70 bits per heavy atom. The van der Waals surface area contributed by atoms with E-state index in [1.165, 1.54) is 12.1 Å². The highest BCUT2D eigenvalue weighted by molar-refractivity contribution is 5.21. The van der Waals surface area contributed by atoms with Crippen LogP contribution in [-0.4, -0.2) is 80.5 Å². The third-order valence-corrected chi connectivity index (χ3v) is 6.30. The van der Waals surface area contributed by atoms with Gasteiger partial charge in [-0.25, -0.2) is 9.82 Å². The normalized spacial score (nSPS) is 33.0. The van der Waals surface area contributed by atoms with Gasteiger partial charge in [0, 0.05) is 58.3 Å². The second-order valence-corrected chi connectivity index (χ2v) is 8.15. The van der Waals surface area contributed by atoms with Crippen LogP contribution in [0.25, 0.3) is 0 Å². The first-order chi connectivity index (χ1) is 13.2. The van der Waals surface area contributed by atoms with E-state index in [1.54, 1.807) is 0 Å². The summed E-state index contributed by atoms with van der Waals surface area (Å²) in [5.74, 6) is 1.09. The number of ether oxygens (including phenoxy) is 1. The molecular formula is C20H31FN4O2. The van der Waals surface area contributed by atoms with E-state index < -0.39 is 0 Å². The Labute approximate surface area is 160 Å². The van der Waals surface area contributed by atoms with Crippen LogP contribution in [0.4, 0.5) is 4.39 Å². The van der Waals surface area contributed by atoms with E-state index in [0.29, 0.717) is 17.8 Å². The van der Waals surface area contributed by atoms with Crippen LogP contribution in [0.1, 0.15) is 11.6 Å². The SMILES string of the molecule is OC[C@@H]1CN(CC2CNNC2c2ccc(F)cc2)C[C@@H]1CN1CCOCC1. The molecule has 0 radical (unpaired) electrons. The topological polar surface area (TPSA) is 60.0 Å². The lowest BCUT2D eigenvalue weighted by atomic mass is 9.94. The lowest BCUT2D eigenvalue weighted by Gasteiger charge is -2.30. The zero-order chi connectivity index (χ0) is 18.6. The maximum absolute atomic E-state index is 13.2. The zero-order valence-electron chi connectivity index (χ0n) is 15.8. The van der Waals surface area contributed by atoms with Crippen LogP contribution >= 0.6 is 0 Å². The fourth-order valence-electron chi connectivity index (χ4n) is 4.78. The number of nitrogens with one attached hydrogen (secondary N) is 2. The number of aliphatic hydroxyl groups is 1. The first-order valence-electron chi connectivity index (χ1n) is 10.1. The summed E-state index contributed by atoms with van der Waals surface area (Å²) in [6, 6.07) is 6.99. The fourth-order valence-corrected chi connectivity index (χ4v) is 4.78. The molecule has 0 aliphatic carbocycles. The van der Waals surface area contributed by atoms with E-state index in [4.69, 9.17) is 4.74 Å². The maximum atomic E-state index is 13.2. The molecule has 0 aromatic heterocycles. The molecule has 3 heterocycles. The summed E-state index contributed by atoms with van der Waals surface area (Å²) in [7, 11) is 0. The molecule has 3 aliphatic rings. The molecular weight excluding hydrogens is 347 g/mol. The van der Waals surface area contributed by atoms with Gasteiger partial charge in [0.25, 0.3) is 0 Å². The van der Waals surface area contributed by atoms with Gasteiger partial charge in [0.1, 0.15) is 5.82 Å². The molecule has 27 heavy (non-hydrogen) atoms. The molecule has 0 saturated carbocycles. The number of likely N-dealkylation sites (tertiary alicyclic amines) is 1. The summed E-state index contributed by atoms with van der Waals surface area (Å²) in [5, 5.41) is 9.87. The molecule has 0 amide bonds. The molecule has 2 unspecified atom stereocenters. The van der Waals surface area contributed by atoms with Gasteiger partial charge in [-0.1, -0.05) is 12.1 Å². The van der Waals surface area contributed by atoms with Gasteiger partial charge in [-0.2, -0.15) is 0 Å². The molecule has 0 bridgehead atoms. The number of rotatable bonds is 6. The zero-order valence-corrected chi connectivity index (χ0v) is 15.8. The monoisotopic (exact) mass is 378 g/mol. The van der Waals surface area contributed by atoms with Crippen LogP contribution in [0.3, 0.4) is 0 Å². The number of morpholine rings is 1. The molecule has 3 N–H and O–H groups in total. The van der Waals surface area contributed by atoms with Gasteiger partial charge in [0.05, 0.1) is 19.3 Å². The van der Waals surface area contributed by atoms with Crippen molar-refractivity contribution in [1.29, 1.82) is 0 Å². The Morgan fingerprint density at radius 1 is 1.00 bits per heavy atom. The van der Waals surface area contributed by atoms with Crippen LogP contribution in [0.5, 0.6) is 0 Å². The summed E-state index contributed by atoms with van der Waals surface area (Å²) >= 11 is 0. The average Bonchev–Trinajstić information content (AvgIpc) is 3.30. The first-order valence-corrected chi connectivity index (χ1v) is 10.1. The van der Waals surface area contributed by atoms with E-state index in [-0.39, 0.29) is 18.5 Å². The van der Waals surface area contributed by atoms with Gasteiger partial charge in [0.2, 0.25) is 0 Å². The summed E-state index contributed by atoms with van der Waals surface area (Å²) in [6.45, 7) is 8.82. The molecule has 150 valence electrons. The second-order valence-electron chi connectivity index (χ2n) is 8.15. The van der Waals surface area contributed by atoms with E-state index in [9.17, 15) is 9.50 Å². The maximum Gasteiger partial charge on any atom is 0.123 e. The molecule has 6 nitrogen and oxygen atoms in total. The Balaban J connectivity index is 1.35. The molecule has 4 rings (SSSR count). The number of benzene rings is 1. The molecule has 4 atom stereocenters. The van der Waals surface area contributed by atoms with Gasteiger partial charge in [0.15, 0.2) is 0 Å². The Morgan fingerprint density at radius 3 is 2.44 bits per heavy atom. The van der Waals surface area contributed by atoms with E-state index in [1.807, 2.05) is 12.1 Å². The van der Waals surface area contributed by atoms with Crippen molar-refractivity contribution in [1.82, 2.24) is 20.7 Å². The van der Waals surface area contributed by atoms with Gasteiger partial charge in [-0.3, -0.25) is 10.3 Å². The van der Waals surface area contributed by atoms with Crippen LogP contribution in [0.15, 0.2) is 24.3 Å². The molecule has 3 aliphatic heterocycles. The van der Waals surface area contributed by atoms with Crippen molar-refractivity contribution in [3.63, 3.8) is 0 Å². The van der Waals surface area contributed by atoms with Gasteiger partial charge < -0.3 is 14.7 Å². The highest BCUT2D eigenvalue weighted by atomic mass is 19.1. The lowest BCUT2D eigenvalue weighted by Crippen LogP contribution is -2.41. The van der Waals surface area contributed by atoms with Crippen molar-refractivity contribution < 1.29 is 14.2 Å². The highest BCUT2D eigenvalue weighted by Gasteiger charge is 2.37. The summed E-state index contributed by atoms with van der Waals surface area (Å²) < 4.78 is 18.7. The highest BCUT2D eigenvalue weighted by Crippen LogP contribution is 2.30. The predicted octanol–water partition coefficient (Wildman–Crippen LogP) is 0.463. The third-order valence-electron chi connectivity index (χ3n) is 6.30. The molecule has 0 spiro atoms. The number of hydrogen-bond acceptors (Lipinski definition) is 6. The smallest absolute Gasteiger partial charge is 0.123 e. The van der Waals surface area contributed by atoms with Gasteiger partial charge in [-0.15, -0.1) is 0 Å². The number of hydrogen-bond donors (Lipinski definition) is 3. The second kappa shape index (κ2) is 8.94. The minimum absolute atomic E-state index is 0.191. The first kappa shape index (κ1) is 19.2. The average molecular weight is 378 g/mol. The van der Waals surface area contributed by atoms with Gasteiger partial charge >= 0.3 is 0 Å². The minimum atomic E-state index is -0.197. The number of aliphatic hydroxyl groups excluding tert-OH is 1. The molecule has 1 aromatic rings. The summed E-state index contributed by atoms with van der Waals surface area (Å²) in [5.41, 5.74) is 7.74. The van der Waals surface area contributed by atoms with Crippen molar-refractivity contribution in [2.24, 2.45) is 17.8 Å². The molecule has 3 fully saturated rings. The molecule has 3 saturated heterocycles. The van der Waals surface area contributed by atoms with Crippen LogP contribution in [-0.2, 0) is 4.74 Å². The Kier molecular flexibility index (Phi) is 6.37. The van der Waals surface area contributed by atoms with Crippen molar-refractivity contribution in [3.05, 3.63) is 35.6 Å². The van der Waals surface area contributed by atoms with Crippen molar-refractivity contribution >= 4 is 0 Å². The minimum Gasteiger partial charge on any atom is -0.396 e. The standard InChI is InChI=1S/C20H31FN4O2/c21-19-3-1-15(2-4-19)20-16(9-22-23-20)10-25-12-17(18(13-25)14-26)11-24-5-7-27-8-6-24/h1-4,16-18,20,22-23,26H,5-14H2/t16?,17-,18-,20?/m0/s1. The number of nitrogens with zero attached hydrogens (tertiary/aromatic N) is 2. The fraction of sp³-hybridized carbons (Fsp3) is 0.700. The van der Waals surface area contributed by atoms with Crippen molar-refractivity contribution in [2.45, 2.75) is 6.04 Å². The molecule has 7 heteroatoms.